The third-order valence-corrected chi connectivity index (χ3v) is 7.10. The molecule has 1 aliphatic rings. The third kappa shape index (κ3) is 6.08. The van der Waals surface area contributed by atoms with Crippen LogP contribution in [0, 0.1) is 20.8 Å². The largest absolute Gasteiger partial charge is 0.460 e. The highest BCUT2D eigenvalue weighted by Crippen LogP contribution is 2.39. The molecule has 0 bridgehead atoms. The van der Waals surface area contributed by atoms with E-state index in [1.807, 2.05) is 68.7 Å². The highest BCUT2D eigenvalue weighted by Gasteiger charge is 2.33. The Labute approximate surface area is 226 Å². The number of benzene rings is 1. The molecule has 10 heteroatoms. The van der Waals surface area contributed by atoms with Gasteiger partial charge < -0.3 is 4.74 Å². The summed E-state index contributed by atoms with van der Waals surface area (Å²) >= 11 is 1.67. The number of nitrogens with zero attached hydrogens (tertiary/aromatic N) is 4. The molecule has 2 aromatic heterocycles. The maximum atomic E-state index is 12.9. The average Bonchev–Trinajstić information content (AvgIpc) is 3.30. The number of fused-ring (bicyclic) bond motifs is 3. The Hall–Kier alpha value is -3.63. The van der Waals surface area contributed by atoms with Crippen LogP contribution in [0.25, 0.3) is 11.1 Å². The average molecular weight is 536 g/mol. The number of ether oxygens (including phenoxy) is 1. The predicted octanol–water partition coefficient (Wildman–Crippen LogP) is 4.96. The van der Waals surface area contributed by atoms with Gasteiger partial charge in [0.1, 0.15) is 22.5 Å². The van der Waals surface area contributed by atoms with Crippen LogP contribution in [0.2, 0.25) is 0 Å². The summed E-state index contributed by atoms with van der Waals surface area (Å²) in [6, 6.07) is 7.49. The van der Waals surface area contributed by atoms with Gasteiger partial charge in [-0.2, -0.15) is 0 Å². The summed E-state index contributed by atoms with van der Waals surface area (Å²) in [5, 5.41) is 9.77. The predicted molar refractivity (Wildman–Crippen MR) is 148 cm³/mol. The van der Waals surface area contributed by atoms with Gasteiger partial charge >= 0.3 is 5.97 Å². The van der Waals surface area contributed by atoms with E-state index in [9.17, 15) is 9.59 Å². The molecule has 0 radical (unpaired) electrons. The van der Waals surface area contributed by atoms with Crippen LogP contribution in [0.1, 0.15) is 78.9 Å². The molecule has 9 nitrogen and oxygen atoms in total. The number of hydrogen-bond acceptors (Lipinski definition) is 8. The number of carbonyl (C=O) groups is 2. The molecule has 1 aliphatic heterocycles. The van der Waals surface area contributed by atoms with E-state index in [0.29, 0.717) is 5.82 Å². The molecular formula is C28H33N5O4S. The van der Waals surface area contributed by atoms with Gasteiger partial charge in [0.25, 0.3) is 0 Å². The zero-order valence-electron chi connectivity index (χ0n) is 22.8. The molecule has 0 aliphatic carbocycles. The molecule has 200 valence electrons. The molecule has 0 spiro atoms. The molecule has 0 unspecified atom stereocenters. The van der Waals surface area contributed by atoms with Gasteiger partial charge in [-0.15, -0.1) is 21.5 Å². The number of rotatable bonds is 7. The van der Waals surface area contributed by atoms with Crippen molar-refractivity contribution in [1.29, 1.82) is 0 Å². The summed E-state index contributed by atoms with van der Waals surface area (Å²) < 4.78 is 7.65. The number of aromatic nitrogens is 3. The van der Waals surface area contributed by atoms with Crippen molar-refractivity contribution in [1.82, 2.24) is 20.2 Å². The second-order valence-electron chi connectivity index (χ2n) is 10.2. The number of nitrogens with one attached hydrogen (secondary N) is 1. The molecule has 1 atom stereocenters. The second kappa shape index (κ2) is 11.0. The van der Waals surface area contributed by atoms with Gasteiger partial charge in [0.05, 0.1) is 18.7 Å². The third-order valence-electron chi connectivity index (χ3n) is 5.91. The Morgan fingerprint density at radius 1 is 1.13 bits per heavy atom. The normalized spacial score (nSPS) is 15.0. The Morgan fingerprint density at radius 3 is 2.50 bits per heavy atom. The van der Waals surface area contributed by atoms with Gasteiger partial charge in [0.15, 0.2) is 5.82 Å². The highest BCUT2D eigenvalue weighted by molar-refractivity contribution is 7.15. The van der Waals surface area contributed by atoms with E-state index < -0.39 is 11.6 Å². The van der Waals surface area contributed by atoms with Gasteiger partial charge in [-0.25, -0.2) is 5.48 Å². The van der Waals surface area contributed by atoms with Crippen LogP contribution < -0.4 is 5.48 Å². The number of aliphatic imine (C=N–C) groups is 1. The molecule has 38 heavy (non-hydrogen) atoms. The standard InChI is InChI=1S/C28H33N5O4S/c1-16-17(2)38-27-24(16)25(21-12-10-20(11-13-21)9-8-14-36-32-19(4)34)29-22(15-23(35)37-28(5,6)7)26-31-30-18(3)33(26)27/h8-13,22H,14-15H2,1-7H3,(H,32,34)/b9-8+/t22-/m0/s1. The van der Waals surface area contributed by atoms with Gasteiger partial charge in [0, 0.05) is 22.9 Å². The Kier molecular flexibility index (Phi) is 7.94. The Morgan fingerprint density at radius 2 is 1.84 bits per heavy atom. The van der Waals surface area contributed by atoms with E-state index in [4.69, 9.17) is 14.6 Å². The molecule has 0 saturated carbocycles. The zero-order chi connectivity index (χ0) is 27.6. The van der Waals surface area contributed by atoms with Crippen molar-refractivity contribution in [2.75, 3.05) is 6.61 Å². The van der Waals surface area contributed by atoms with Crippen molar-refractivity contribution >= 4 is 35.0 Å². The van der Waals surface area contributed by atoms with E-state index in [2.05, 4.69) is 29.5 Å². The van der Waals surface area contributed by atoms with Crippen LogP contribution in [0.15, 0.2) is 35.3 Å². The van der Waals surface area contributed by atoms with Crippen LogP contribution in [0.3, 0.4) is 0 Å². The smallest absolute Gasteiger partial charge is 0.308 e. The van der Waals surface area contributed by atoms with E-state index in [1.165, 1.54) is 11.8 Å². The molecule has 1 amide bonds. The van der Waals surface area contributed by atoms with Crippen LogP contribution in [-0.2, 0) is 19.2 Å². The highest BCUT2D eigenvalue weighted by atomic mass is 32.1. The quantitative estimate of drug-likeness (QED) is 0.260. The fourth-order valence-corrected chi connectivity index (χ4v) is 5.41. The van der Waals surface area contributed by atoms with Crippen molar-refractivity contribution in [3.63, 3.8) is 0 Å². The zero-order valence-corrected chi connectivity index (χ0v) is 23.6. The summed E-state index contributed by atoms with van der Waals surface area (Å²) in [5.74, 6) is 0.792. The van der Waals surface area contributed by atoms with Crippen LogP contribution in [-0.4, -0.2) is 44.6 Å². The number of hydroxylamine groups is 1. The molecule has 3 heterocycles. The fraction of sp³-hybridized carbons (Fsp3) is 0.393. The summed E-state index contributed by atoms with van der Waals surface area (Å²) in [7, 11) is 0. The van der Waals surface area contributed by atoms with Gasteiger partial charge in [0.2, 0.25) is 5.91 Å². The molecular weight excluding hydrogens is 502 g/mol. The SMILES string of the molecule is CC(=O)NOC/C=C/c1ccc(C2=N[C@@H](CC(=O)OC(C)(C)C)c3nnc(C)n3-c3sc(C)c(C)c32)cc1. The summed E-state index contributed by atoms with van der Waals surface area (Å²) in [6.07, 6.45) is 3.80. The first-order valence-electron chi connectivity index (χ1n) is 12.4. The first-order chi connectivity index (χ1) is 17.9. The molecule has 4 rings (SSSR count). The Bertz CT molecular complexity index is 1410. The molecule has 1 aromatic carbocycles. The van der Waals surface area contributed by atoms with Crippen molar-refractivity contribution in [3.8, 4) is 5.00 Å². The second-order valence-corrected chi connectivity index (χ2v) is 11.4. The lowest BCUT2D eigenvalue weighted by Crippen LogP contribution is -2.25. The summed E-state index contributed by atoms with van der Waals surface area (Å²) in [4.78, 5) is 35.2. The molecule has 0 fully saturated rings. The van der Waals surface area contributed by atoms with Crippen LogP contribution in [0.5, 0.6) is 0 Å². The fourth-order valence-electron chi connectivity index (χ4n) is 4.19. The van der Waals surface area contributed by atoms with Crippen LogP contribution in [0.4, 0.5) is 0 Å². The minimum atomic E-state index is -0.596. The van der Waals surface area contributed by atoms with E-state index in [1.54, 1.807) is 11.3 Å². The first kappa shape index (κ1) is 27.4. The van der Waals surface area contributed by atoms with E-state index in [0.717, 1.165) is 38.8 Å². The Balaban J connectivity index is 1.73. The minimum Gasteiger partial charge on any atom is -0.460 e. The number of amides is 1. The van der Waals surface area contributed by atoms with Crippen molar-refractivity contribution in [2.45, 2.75) is 66.5 Å². The number of thiophene rings is 1. The number of hydrogen-bond donors (Lipinski definition) is 1. The van der Waals surface area contributed by atoms with Gasteiger partial charge in [-0.1, -0.05) is 36.4 Å². The molecule has 3 aromatic rings. The summed E-state index contributed by atoms with van der Waals surface area (Å²) in [5.41, 5.74) is 6.58. The molecule has 0 saturated heterocycles. The van der Waals surface area contributed by atoms with Crippen LogP contribution >= 0.6 is 11.3 Å². The lowest BCUT2D eigenvalue weighted by Gasteiger charge is -2.21. The lowest BCUT2D eigenvalue weighted by molar-refractivity contribution is -0.155. The number of aryl methyl sites for hydroxylation is 2. The lowest BCUT2D eigenvalue weighted by atomic mass is 9.98. The van der Waals surface area contributed by atoms with Crippen molar-refractivity contribution in [2.24, 2.45) is 4.99 Å². The van der Waals surface area contributed by atoms with E-state index in [-0.39, 0.29) is 24.9 Å². The van der Waals surface area contributed by atoms with E-state index >= 15 is 0 Å². The maximum Gasteiger partial charge on any atom is 0.308 e. The van der Waals surface area contributed by atoms with Gasteiger partial charge in [-0.05, 0) is 52.7 Å². The first-order valence-corrected chi connectivity index (χ1v) is 13.2. The van der Waals surface area contributed by atoms with Crippen molar-refractivity contribution < 1.29 is 19.2 Å². The summed E-state index contributed by atoms with van der Waals surface area (Å²) in [6.45, 7) is 13.3. The minimum absolute atomic E-state index is 0.0565. The molecule has 1 N–H and O–H groups in total. The number of esters is 1. The monoisotopic (exact) mass is 535 g/mol. The number of carbonyl (C=O) groups excluding carboxylic acids is 2. The van der Waals surface area contributed by atoms with Crippen molar-refractivity contribution in [3.05, 3.63) is 69.1 Å². The maximum absolute atomic E-state index is 12.9. The topological polar surface area (TPSA) is 108 Å². The van der Waals surface area contributed by atoms with Gasteiger partial charge in [-0.3, -0.25) is 24.0 Å².